The van der Waals surface area contributed by atoms with Gasteiger partial charge in [-0.1, -0.05) is 30.3 Å². The molecule has 2 amide bonds. The highest BCUT2D eigenvalue weighted by molar-refractivity contribution is 5.93. The number of aliphatic carboxylic acids is 1. The Balaban J connectivity index is 1.52. The molecule has 2 heterocycles. The van der Waals surface area contributed by atoms with E-state index in [1.165, 1.54) is 24.7 Å². The van der Waals surface area contributed by atoms with Crippen LogP contribution in [0.2, 0.25) is 0 Å². The smallest absolute Gasteiger partial charge is 0.326 e. The molecule has 2 aromatic carbocycles. The van der Waals surface area contributed by atoms with Gasteiger partial charge in [0.25, 0.3) is 0 Å². The van der Waals surface area contributed by atoms with Crippen molar-refractivity contribution >= 4 is 28.7 Å². The minimum atomic E-state index is -1.24. The van der Waals surface area contributed by atoms with Crippen molar-refractivity contribution in [2.75, 3.05) is 0 Å². The number of hydrogen-bond acceptors (Lipinski definition) is 6. The number of nitrogens with two attached hydrogens (primary N) is 1. The van der Waals surface area contributed by atoms with Crippen molar-refractivity contribution in [1.82, 2.24) is 25.6 Å². The molecule has 3 atom stereocenters. The molecule has 0 spiro atoms. The highest BCUT2D eigenvalue weighted by Crippen LogP contribution is 2.19. The van der Waals surface area contributed by atoms with Gasteiger partial charge in [0.15, 0.2) is 0 Å². The number of amides is 2. The lowest BCUT2D eigenvalue weighted by Crippen LogP contribution is -2.55. The molecule has 11 heteroatoms. The first-order valence-electron chi connectivity index (χ1n) is 11.7. The summed E-state index contributed by atoms with van der Waals surface area (Å²) in [7, 11) is 0. The zero-order valence-electron chi connectivity index (χ0n) is 19.8. The lowest BCUT2D eigenvalue weighted by Gasteiger charge is -2.23. The van der Waals surface area contributed by atoms with E-state index in [0.717, 1.165) is 22.0 Å². The molecular weight excluding hydrogens is 476 g/mol. The van der Waals surface area contributed by atoms with Crippen molar-refractivity contribution in [1.29, 1.82) is 0 Å². The number of carbonyl (C=O) groups excluding carboxylic acids is 2. The van der Waals surface area contributed by atoms with Crippen LogP contribution in [-0.4, -0.2) is 61.1 Å². The fourth-order valence-electron chi connectivity index (χ4n) is 4.08. The van der Waals surface area contributed by atoms with Crippen molar-refractivity contribution in [2.45, 2.75) is 37.4 Å². The lowest BCUT2D eigenvalue weighted by atomic mass is 10.0. The highest BCUT2D eigenvalue weighted by atomic mass is 16.4. The average Bonchev–Trinajstić information content (AvgIpc) is 3.54. The van der Waals surface area contributed by atoms with Crippen molar-refractivity contribution < 1.29 is 24.6 Å². The van der Waals surface area contributed by atoms with Crippen LogP contribution < -0.4 is 16.4 Å². The lowest BCUT2D eigenvalue weighted by molar-refractivity contribution is -0.142. The summed E-state index contributed by atoms with van der Waals surface area (Å²) in [6.07, 6.45) is 4.96. The molecule has 2 aromatic heterocycles. The monoisotopic (exact) mass is 504 g/mol. The predicted octanol–water partition coefficient (Wildman–Crippen LogP) is 1.01. The summed E-state index contributed by atoms with van der Waals surface area (Å²) < 4.78 is 0. The number of rotatable bonds is 11. The van der Waals surface area contributed by atoms with Gasteiger partial charge in [-0.2, -0.15) is 0 Å². The molecule has 4 aromatic rings. The first-order chi connectivity index (χ1) is 17.8. The van der Waals surface area contributed by atoms with Gasteiger partial charge in [-0.25, -0.2) is 9.78 Å². The number of carbonyl (C=O) groups is 3. The molecule has 11 nitrogen and oxygen atoms in total. The van der Waals surface area contributed by atoms with Crippen LogP contribution in [0.3, 0.4) is 0 Å². The van der Waals surface area contributed by atoms with Crippen LogP contribution in [0.1, 0.15) is 16.8 Å². The second-order valence-corrected chi connectivity index (χ2v) is 8.78. The van der Waals surface area contributed by atoms with Gasteiger partial charge in [-0.3, -0.25) is 9.59 Å². The fraction of sp³-hybridized carbons (Fsp3) is 0.231. The van der Waals surface area contributed by atoms with Gasteiger partial charge in [0.05, 0.1) is 12.4 Å². The second kappa shape index (κ2) is 11.4. The topological polar surface area (TPSA) is 186 Å². The Morgan fingerprint density at radius 3 is 2.35 bits per heavy atom. The number of H-pyrrole nitrogens is 2. The maximum atomic E-state index is 13.3. The number of nitrogens with zero attached hydrogens (tertiary/aromatic N) is 1. The maximum absolute atomic E-state index is 13.3. The predicted molar refractivity (Wildman–Crippen MR) is 136 cm³/mol. The molecule has 0 unspecified atom stereocenters. The van der Waals surface area contributed by atoms with E-state index in [-0.39, 0.29) is 25.0 Å². The number of carboxylic acids is 1. The number of para-hydroxylation sites is 1. The van der Waals surface area contributed by atoms with Crippen LogP contribution in [0.4, 0.5) is 0 Å². The van der Waals surface area contributed by atoms with Gasteiger partial charge < -0.3 is 36.5 Å². The number of benzene rings is 2. The zero-order chi connectivity index (χ0) is 26.4. The zero-order valence-corrected chi connectivity index (χ0v) is 19.8. The summed E-state index contributed by atoms with van der Waals surface area (Å²) in [4.78, 5) is 48.0. The summed E-state index contributed by atoms with van der Waals surface area (Å²) >= 11 is 0. The Morgan fingerprint density at radius 1 is 0.919 bits per heavy atom. The van der Waals surface area contributed by atoms with E-state index >= 15 is 0 Å². The molecule has 37 heavy (non-hydrogen) atoms. The number of hydrogen-bond donors (Lipinski definition) is 7. The number of imidazole rings is 1. The van der Waals surface area contributed by atoms with Gasteiger partial charge in [0.1, 0.15) is 17.8 Å². The summed E-state index contributed by atoms with van der Waals surface area (Å²) in [5.41, 5.74) is 9.05. The van der Waals surface area contributed by atoms with Crippen LogP contribution in [0.5, 0.6) is 5.75 Å². The van der Waals surface area contributed by atoms with E-state index in [0.29, 0.717) is 5.69 Å². The van der Waals surface area contributed by atoms with Crippen molar-refractivity contribution in [3.63, 3.8) is 0 Å². The normalized spacial score (nSPS) is 13.5. The number of aromatic hydroxyl groups is 1. The third-order valence-corrected chi connectivity index (χ3v) is 6.05. The molecule has 0 saturated heterocycles. The highest BCUT2D eigenvalue weighted by Gasteiger charge is 2.29. The molecule has 0 aliphatic heterocycles. The Labute approximate surface area is 212 Å². The van der Waals surface area contributed by atoms with Gasteiger partial charge in [-0.05, 0) is 35.7 Å². The molecule has 0 aliphatic carbocycles. The largest absolute Gasteiger partial charge is 0.508 e. The number of phenols is 1. The van der Waals surface area contributed by atoms with E-state index in [2.05, 4.69) is 25.6 Å². The number of fused-ring (bicyclic) bond motifs is 1. The summed E-state index contributed by atoms with van der Waals surface area (Å²) in [5, 5.41) is 25.3. The van der Waals surface area contributed by atoms with E-state index in [4.69, 9.17) is 5.73 Å². The van der Waals surface area contributed by atoms with Crippen molar-refractivity contribution in [2.24, 2.45) is 5.73 Å². The van der Waals surface area contributed by atoms with E-state index in [1.807, 2.05) is 24.3 Å². The molecule has 0 fully saturated rings. The maximum Gasteiger partial charge on any atom is 0.326 e. The van der Waals surface area contributed by atoms with E-state index in [1.54, 1.807) is 18.3 Å². The number of phenolic OH excluding ortho intramolecular Hbond substituents is 1. The minimum Gasteiger partial charge on any atom is -0.508 e. The molecule has 0 radical (unpaired) electrons. The molecule has 192 valence electrons. The first-order valence-corrected chi connectivity index (χ1v) is 11.7. The van der Waals surface area contributed by atoms with Crippen LogP contribution in [0.25, 0.3) is 10.9 Å². The number of nitrogens with one attached hydrogen (secondary N) is 4. The molecule has 8 N–H and O–H groups in total. The standard InChI is InChI=1S/C26H28N6O5/c27-20(9-15-5-7-18(33)8-6-15)24(34)31-22(10-16-12-29-21-4-2-1-3-19(16)21)25(35)32-23(26(36)37)11-17-13-28-14-30-17/h1-8,12-14,20,22-23,29,33H,9-11,27H2,(H,28,30)(H,31,34)(H,32,35)(H,36,37)/t20-,22-,23-/m0/s1. The molecule has 0 aliphatic rings. The summed E-state index contributed by atoms with van der Waals surface area (Å²) in [6, 6.07) is 10.6. The quantitative estimate of drug-likeness (QED) is 0.159. The van der Waals surface area contributed by atoms with Crippen LogP contribution in [0, 0.1) is 0 Å². The SMILES string of the molecule is N[C@@H](Cc1ccc(O)cc1)C(=O)N[C@@H](Cc1c[nH]c2ccccc12)C(=O)N[C@@H](Cc1cnc[nH]1)C(=O)O. The van der Waals surface area contributed by atoms with Crippen molar-refractivity contribution in [3.05, 3.63) is 84.1 Å². The minimum absolute atomic E-state index is 0.00477. The number of carboxylic acid groups (broad SMARTS) is 1. The Bertz CT molecular complexity index is 1370. The Kier molecular flexibility index (Phi) is 7.84. The molecular formula is C26H28N6O5. The summed E-state index contributed by atoms with van der Waals surface area (Å²) in [6.45, 7) is 0. The molecule has 0 saturated carbocycles. The van der Waals surface area contributed by atoms with Crippen LogP contribution in [0.15, 0.2) is 67.3 Å². The van der Waals surface area contributed by atoms with Gasteiger partial charge in [0, 0.05) is 41.8 Å². The number of aromatic amines is 2. The Hall–Kier alpha value is -4.64. The van der Waals surface area contributed by atoms with Crippen LogP contribution in [-0.2, 0) is 33.6 Å². The van der Waals surface area contributed by atoms with Crippen LogP contribution >= 0.6 is 0 Å². The third kappa shape index (κ3) is 6.53. The first kappa shape index (κ1) is 25.5. The van der Waals surface area contributed by atoms with Gasteiger partial charge in [0.2, 0.25) is 11.8 Å². The number of aromatic nitrogens is 3. The van der Waals surface area contributed by atoms with E-state index in [9.17, 15) is 24.6 Å². The molecule has 0 bridgehead atoms. The summed E-state index contributed by atoms with van der Waals surface area (Å²) in [5.74, 6) is -2.33. The average molecular weight is 505 g/mol. The Morgan fingerprint density at radius 2 is 1.65 bits per heavy atom. The fourth-order valence-corrected chi connectivity index (χ4v) is 4.08. The van der Waals surface area contributed by atoms with E-state index < -0.39 is 35.9 Å². The van der Waals surface area contributed by atoms with Gasteiger partial charge in [-0.15, -0.1) is 0 Å². The molecule has 4 rings (SSSR count). The third-order valence-electron chi connectivity index (χ3n) is 6.05. The van der Waals surface area contributed by atoms with Crippen molar-refractivity contribution in [3.8, 4) is 5.75 Å². The van der Waals surface area contributed by atoms with Gasteiger partial charge >= 0.3 is 5.97 Å². The second-order valence-electron chi connectivity index (χ2n) is 8.78.